The van der Waals surface area contributed by atoms with Gasteiger partial charge in [-0.2, -0.15) is 0 Å². The zero-order chi connectivity index (χ0) is 8.43. The molecule has 57 valence electrons. The van der Waals surface area contributed by atoms with E-state index in [-0.39, 0.29) is 0 Å². The smallest absolute Gasteiger partial charge is 0.254 e. The number of hydrogen-bond acceptors (Lipinski definition) is 3. The molecule has 0 saturated carbocycles. The molecule has 1 unspecified atom stereocenters. The molecule has 0 aromatic rings. The van der Waals surface area contributed by atoms with Crippen LogP contribution in [0.5, 0.6) is 0 Å². The number of nitrogens with zero attached hydrogens (tertiary/aromatic N) is 1. The van der Waals surface area contributed by atoms with Crippen LogP contribution in [0, 0.1) is 0 Å². The first kappa shape index (κ1) is 8.38. The van der Waals surface area contributed by atoms with Crippen molar-refractivity contribution in [1.82, 2.24) is 4.90 Å². The monoisotopic (exact) mass is 264 g/mol. The molecule has 2 amide bonds. The number of carbonyl (C=O) groups excluding carboxylic acids is 3. The van der Waals surface area contributed by atoms with Gasteiger partial charge in [-0.15, -0.1) is 0 Å². The lowest BCUT2D eigenvalue weighted by Crippen LogP contribution is -2.36. The Morgan fingerprint density at radius 2 is 1.82 bits per heavy atom. The average molecular weight is 264 g/mol. The van der Waals surface area contributed by atoms with Gasteiger partial charge in [-0.25, -0.2) is 0 Å². The van der Waals surface area contributed by atoms with Gasteiger partial charge in [0.05, 0.1) is 0 Å². The van der Waals surface area contributed by atoms with Crippen LogP contribution in [0.1, 0.15) is 0 Å². The number of carbonyl (C=O) groups is 2. The molecular formula is C6H3INO3. The summed E-state index contributed by atoms with van der Waals surface area (Å²) in [6.45, 7) is 0. The largest absolute Gasteiger partial charge is 0.287 e. The van der Waals surface area contributed by atoms with Gasteiger partial charge in [0.25, 0.3) is 11.8 Å². The first-order chi connectivity index (χ1) is 5.16. The Hall–Kier alpha value is -0.720. The zero-order valence-corrected chi connectivity index (χ0v) is 7.44. The van der Waals surface area contributed by atoms with Crippen molar-refractivity contribution in [3.05, 3.63) is 12.2 Å². The van der Waals surface area contributed by atoms with Crippen LogP contribution in [0.15, 0.2) is 12.2 Å². The molecule has 11 heavy (non-hydrogen) atoms. The van der Waals surface area contributed by atoms with Crippen molar-refractivity contribution in [2.75, 3.05) is 0 Å². The van der Waals surface area contributed by atoms with Crippen molar-refractivity contribution in [1.29, 1.82) is 0 Å². The highest BCUT2D eigenvalue weighted by Crippen LogP contribution is 2.12. The number of rotatable bonds is 2. The van der Waals surface area contributed by atoms with Gasteiger partial charge < -0.3 is 0 Å². The standard InChI is InChI=1S/C6H3INO3/c7-4(3-9)8-5(10)1-2-6(8)11/h1-2,4H. The molecule has 0 fully saturated rings. The van der Waals surface area contributed by atoms with Crippen LogP contribution in [0.3, 0.4) is 0 Å². The second kappa shape index (κ2) is 3.12. The molecule has 4 nitrogen and oxygen atoms in total. The third-order valence-electron chi connectivity index (χ3n) is 1.17. The summed E-state index contributed by atoms with van der Waals surface area (Å²) in [5, 5.41) is 0. The molecule has 1 radical (unpaired) electrons. The molecule has 1 heterocycles. The molecule has 0 N–H and O–H groups in total. The van der Waals surface area contributed by atoms with Crippen LogP contribution >= 0.6 is 22.6 Å². The Balaban J connectivity index is 2.81. The Morgan fingerprint density at radius 3 is 2.18 bits per heavy atom. The SMILES string of the molecule is O=[C]C(I)N1C(=O)C=CC1=O. The van der Waals surface area contributed by atoms with Crippen LogP contribution in [-0.4, -0.2) is 27.0 Å². The van der Waals surface area contributed by atoms with Crippen LogP contribution in [0.25, 0.3) is 0 Å². The molecule has 1 aliphatic rings. The highest BCUT2D eigenvalue weighted by atomic mass is 127. The highest BCUT2D eigenvalue weighted by molar-refractivity contribution is 14.1. The average Bonchev–Trinajstić information content (AvgIpc) is 2.30. The van der Waals surface area contributed by atoms with Gasteiger partial charge in [-0.3, -0.25) is 19.3 Å². The van der Waals surface area contributed by atoms with E-state index in [4.69, 9.17) is 0 Å². The number of alkyl halides is 1. The molecule has 0 aromatic heterocycles. The third kappa shape index (κ3) is 1.47. The lowest BCUT2D eigenvalue weighted by Gasteiger charge is -2.13. The first-order valence-corrected chi connectivity index (χ1v) is 3.98. The predicted molar refractivity (Wildman–Crippen MR) is 44.5 cm³/mol. The van der Waals surface area contributed by atoms with Crippen molar-refractivity contribution in [3.63, 3.8) is 0 Å². The molecule has 1 aliphatic heterocycles. The lowest BCUT2D eigenvalue weighted by molar-refractivity contribution is -0.136. The molecule has 0 aromatic carbocycles. The van der Waals surface area contributed by atoms with Gasteiger partial charge in [-0.1, -0.05) is 0 Å². The topological polar surface area (TPSA) is 54.5 Å². The van der Waals surface area contributed by atoms with Gasteiger partial charge in [0.2, 0.25) is 6.29 Å². The molecular weight excluding hydrogens is 261 g/mol. The summed E-state index contributed by atoms with van der Waals surface area (Å²) >= 11 is 1.66. The lowest BCUT2D eigenvalue weighted by atomic mass is 10.5. The van der Waals surface area contributed by atoms with E-state index in [9.17, 15) is 14.4 Å². The molecule has 0 bridgehead atoms. The summed E-state index contributed by atoms with van der Waals surface area (Å²) in [6, 6.07) is 0. The van der Waals surface area contributed by atoms with Crippen molar-refractivity contribution in [2.45, 2.75) is 4.05 Å². The van der Waals surface area contributed by atoms with Gasteiger partial charge in [-0.05, 0) is 22.6 Å². The predicted octanol–water partition coefficient (Wildman–Crippen LogP) is -0.218. The van der Waals surface area contributed by atoms with Crippen LogP contribution < -0.4 is 0 Å². The maximum Gasteiger partial charge on any atom is 0.254 e. The fourth-order valence-corrected chi connectivity index (χ4v) is 1.24. The van der Waals surface area contributed by atoms with Gasteiger partial charge in [0.1, 0.15) is 0 Å². The maximum atomic E-state index is 10.8. The van der Waals surface area contributed by atoms with E-state index >= 15 is 0 Å². The van der Waals surface area contributed by atoms with Crippen molar-refractivity contribution >= 4 is 40.7 Å². The minimum atomic E-state index is -0.817. The number of hydrogen-bond donors (Lipinski definition) is 0. The molecule has 5 heteroatoms. The minimum Gasteiger partial charge on any atom is -0.287 e. The highest BCUT2D eigenvalue weighted by Gasteiger charge is 2.29. The second-order valence-corrected chi connectivity index (χ2v) is 3.01. The Kier molecular flexibility index (Phi) is 2.38. The summed E-state index contributed by atoms with van der Waals surface area (Å²) in [7, 11) is 0. The molecule has 1 rings (SSSR count). The van der Waals surface area contributed by atoms with E-state index in [1.165, 1.54) is 0 Å². The Labute approximate surface area is 76.4 Å². The maximum absolute atomic E-state index is 10.8. The molecule has 1 atom stereocenters. The summed E-state index contributed by atoms with van der Waals surface area (Å²) in [4.78, 5) is 32.6. The van der Waals surface area contributed by atoms with Crippen molar-refractivity contribution in [2.24, 2.45) is 0 Å². The van der Waals surface area contributed by atoms with Crippen molar-refractivity contribution in [3.8, 4) is 0 Å². The third-order valence-corrected chi connectivity index (χ3v) is 1.98. The zero-order valence-electron chi connectivity index (χ0n) is 5.28. The fourth-order valence-electron chi connectivity index (χ4n) is 0.688. The quantitative estimate of drug-likeness (QED) is 0.300. The van der Waals surface area contributed by atoms with Gasteiger partial charge >= 0.3 is 0 Å². The van der Waals surface area contributed by atoms with E-state index in [1.807, 2.05) is 0 Å². The summed E-state index contributed by atoms with van der Waals surface area (Å²) in [5.41, 5.74) is 0. The molecule has 0 saturated heterocycles. The van der Waals surface area contributed by atoms with Crippen LogP contribution in [0.2, 0.25) is 0 Å². The van der Waals surface area contributed by atoms with E-state index in [1.54, 1.807) is 28.9 Å². The van der Waals surface area contributed by atoms with E-state index in [2.05, 4.69) is 0 Å². The summed E-state index contributed by atoms with van der Waals surface area (Å²) < 4.78 is -0.817. The second-order valence-electron chi connectivity index (χ2n) is 1.83. The number of imide groups is 1. The summed E-state index contributed by atoms with van der Waals surface area (Å²) in [5.74, 6) is -0.921. The van der Waals surface area contributed by atoms with Crippen LogP contribution in [-0.2, 0) is 14.4 Å². The fraction of sp³-hybridized carbons (Fsp3) is 0.167. The molecule has 0 spiro atoms. The minimum absolute atomic E-state index is 0.460. The Bertz CT molecular complexity index is 230. The number of amides is 2. The van der Waals surface area contributed by atoms with Crippen molar-refractivity contribution < 1.29 is 14.4 Å². The van der Waals surface area contributed by atoms with Gasteiger partial charge in [0, 0.05) is 12.2 Å². The van der Waals surface area contributed by atoms with E-state index < -0.39 is 15.9 Å². The molecule has 0 aliphatic carbocycles. The van der Waals surface area contributed by atoms with E-state index in [0.29, 0.717) is 0 Å². The first-order valence-electron chi connectivity index (χ1n) is 2.74. The Morgan fingerprint density at radius 1 is 1.36 bits per heavy atom. The summed E-state index contributed by atoms with van der Waals surface area (Å²) in [6.07, 6.45) is 3.81. The number of halogens is 1. The van der Waals surface area contributed by atoms with Crippen LogP contribution in [0.4, 0.5) is 0 Å². The normalized spacial score (nSPS) is 19.2. The van der Waals surface area contributed by atoms with E-state index in [0.717, 1.165) is 17.1 Å². The van der Waals surface area contributed by atoms with Gasteiger partial charge in [0.15, 0.2) is 4.05 Å².